The van der Waals surface area contributed by atoms with Crippen LogP contribution in [0, 0.1) is 0 Å². The second-order valence-corrected chi connectivity index (χ2v) is 3.75. The highest BCUT2D eigenvalue weighted by Crippen LogP contribution is 1.95. The zero-order valence-corrected chi connectivity index (χ0v) is 9.25. The van der Waals surface area contributed by atoms with Gasteiger partial charge in [0.05, 0.1) is 7.11 Å². The summed E-state index contributed by atoms with van der Waals surface area (Å²) in [6.07, 6.45) is 1.91. The Labute approximate surface area is 87.9 Å². The summed E-state index contributed by atoms with van der Waals surface area (Å²) >= 11 is 5.67. The molecule has 5 nitrogen and oxygen atoms in total. The first-order valence-corrected chi connectivity index (χ1v) is 5.19. The van der Waals surface area contributed by atoms with E-state index in [-0.39, 0.29) is 0 Å². The third-order valence-electron chi connectivity index (χ3n) is 1.20. The number of aromatic nitrogens is 1. The van der Waals surface area contributed by atoms with Crippen molar-refractivity contribution in [2.24, 2.45) is 7.05 Å². The summed E-state index contributed by atoms with van der Waals surface area (Å²) in [5.74, 6) is 0. The van der Waals surface area contributed by atoms with E-state index in [9.17, 15) is 13.0 Å². The Morgan fingerprint density at radius 2 is 2.00 bits per heavy atom. The molecule has 0 aliphatic carbocycles. The number of hydrogen-bond acceptors (Lipinski definition) is 4. The molecule has 0 aromatic carbocycles. The van der Waals surface area contributed by atoms with Gasteiger partial charge in [-0.2, -0.15) is 4.57 Å². The lowest BCUT2D eigenvalue weighted by Gasteiger charge is -1.98. The molecule has 0 N–H and O–H groups in total. The van der Waals surface area contributed by atoms with E-state index in [1.807, 2.05) is 36.0 Å². The molecule has 80 valence electrons. The van der Waals surface area contributed by atoms with Gasteiger partial charge < -0.3 is 4.55 Å². The first-order chi connectivity index (χ1) is 6.37. The first-order valence-electron chi connectivity index (χ1n) is 3.48. The monoisotopic (exact) mass is 239 g/mol. The molecule has 0 aliphatic rings. The van der Waals surface area contributed by atoms with Crippen molar-refractivity contribution in [3.8, 4) is 0 Å². The van der Waals surface area contributed by atoms with Crippen molar-refractivity contribution in [1.82, 2.24) is 0 Å². The highest BCUT2D eigenvalue weighted by molar-refractivity contribution is 7.80. The molecule has 0 bridgehead atoms. The molecule has 1 rings (SSSR count). The predicted octanol–water partition coefficient (Wildman–Crippen LogP) is 0.258. The van der Waals surface area contributed by atoms with Crippen molar-refractivity contribution >= 4 is 22.0 Å². The molecule has 0 fully saturated rings. The number of rotatable bonds is 1. The second kappa shape index (κ2) is 5.92. The largest absolute Gasteiger partial charge is 0.726 e. The first kappa shape index (κ1) is 13.3. The lowest BCUT2D eigenvalue weighted by molar-refractivity contribution is -0.669. The molecule has 0 unspecified atom stereocenters. The van der Waals surface area contributed by atoms with E-state index in [4.69, 9.17) is 11.6 Å². The Morgan fingerprint density at radius 3 is 2.21 bits per heavy atom. The van der Waals surface area contributed by atoms with Crippen LogP contribution in [0.5, 0.6) is 0 Å². The molecule has 0 radical (unpaired) electrons. The molecule has 0 saturated carbocycles. The maximum absolute atomic E-state index is 9.22. The molecule has 0 saturated heterocycles. The van der Waals surface area contributed by atoms with Crippen molar-refractivity contribution in [3.63, 3.8) is 0 Å². The zero-order chi connectivity index (χ0) is 11.2. The number of aryl methyl sites for hydroxylation is 1. The molecule has 0 atom stereocenters. The van der Waals surface area contributed by atoms with Crippen LogP contribution in [-0.4, -0.2) is 20.1 Å². The highest BCUT2D eigenvalue weighted by Gasteiger charge is 1.94. The third kappa shape index (κ3) is 6.79. The second-order valence-electron chi connectivity index (χ2n) is 2.21. The molecule has 14 heavy (non-hydrogen) atoms. The van der Waals surface area contributed by atoms with Crippen LogP contribution in [0.4, 0.5) is 0 Å². The quantitative estimate of drug-likeness (QED) is 0.305. The van der Waals surface area contributed by atoms with Crippen LogP contribution in [0.15, 0.2) is 24.4 Å². The average Bonchev–Trinajstić information content (AvgIpc) is 2.10. The van der Waals surface area contributed by atoms with Crippen LogP contribution in [0.25, 0.3) is 0 Å². The molecule has 7 heteroatoms. The van der Waals surface area contributed by atoms with Gasteiger partial charge in [-0.15, -0.1) is 0 Å². The summed E-state index contributed by atoms with van der Waals surface area (Å²) in [6.45, 7) is 0. The number of hydrogen-bond donors (Lipinski definition) is 0. The predicted molar refractivity (Wildman–Crippen MR) is 49.3 cm³/mol. The summed E-state index contributed by atoms with van der Waals surface area (Å²) in [5.41, 5.74) is 0. The lowest BCUT2D eigenvalue weighted by atomic mass is 10.5. The highest BCUT2D eigenvalue weighted by atomic mass is 35.5. The Hall–Kier alpha value is -0.690. The van der Waals surface area contributed by atoms with E-state index in [1.54, 1.807) is 0 Å². The van der Waals surface area contributed by atoms with Gasteiger partial charge in [-0.1, -0.05) is 0 Å². The Morgan fingerprint density at radius 1 is 1.50 bits per heavy atom. The van der Waals surface area contributed by atoms with Crippen molar-refractivity contribution < 1.29 is 21.7 Å². The maximum Gasteiger partial charge on any atom is 0.274 e. The molecular weight excluding hydrogens is 230 g/mol. The molecule has 0 spiro atoms. The Kier molecular flexibility index (Phi) is 5.63. The smallest absolute Gasteiger partial charge is 0.274 e. The van der Waals surface area contributed by atoms with Crippen LogP contribution in [0.2, 0.25) is 5.15 Å². The van der Waals surface area contributed by atoms with Crippen LogP contribution >= 0.6 is 11.6 Å². The summed E-state index contributed by atoms with van der Waals surface area (Å²) in [6, 6.07) is 5.69. The Balaban J connectivity index is 0.000000255. The van der Waals surface area contributed by atoms with Gasteiger partial charge in [0.1, 0.15) is 7.05 Å². The summed E-state index contributed by atoms with van der Waals surface area (Å²) in [5, 5.41) is 0.757. The molecule has 1 heterocycles. The van der Waals surface area contributed by atoms with E-state index >= 15 is 0 Å². The fraction of sp³-hybridized carbons (Fsp3) is 0.286. The van der Waals surface area contributed by atoms with E-state index in [0.29, 0.717) is 0 Å². The van der Waals surface area contributed by atoms with E-state index in [1.165, 1.54) is 0 Å². The van der Waals surface area contributed by atoms with Crippen LogP contribution in [0.3, 0.4) is 0 Å². The standard InChI is InChI=1S/C6H7ClN.CH4O4S/c1-8-5-3-2-4-6(8)7;1-5-6(2,3)4/h2-5H,1H3;1H3,(H,2,3,4)/q+1;/p-1. The topological polar surface area (TPSA) is 70.3 Å². The van der Waals surface area contributed by atoms with Crippen LogP contribution in [0.1, 0.15) is 0 Å². The molecule has 0 amide bonds. The average molecular weight is 240 g/mol. The molecule has 1 aromatic rings. The van der Waals surface area contributed by atoms with Gasteiger partial charge in [0, 0.05) is 12.1 Å². The van der Waals surface area contributed by atoms with Crippen molar-refractivity contribution in [2.75, 3.05) is 7.11 Å². The van der Waals surface area contributed by atoms with Gasteiger partial charge in [-0.25, -0.2) is 8.42 Å². The third-order valence-corrected chi connectivity index (χ3v) is 2.00. The Bertz CT molecular complexity index is 358. The zero-order valence-electron chi connectivity index (χ0n) is 7.68. The van der Waals surface area contributed by atoms with E-state index < -0.39 is 10.4 Å². The van der Waals surface area contributed by atoms with Gasteiger partial charge in [0.25, 0.3) is 5.15 Å². The lowest BCUT2D eigenvalue weighted by Crippen LogP contribution is -2.27. The molecule has 0 aliphatic heterocycles. The molecule has 1 aromatic heterocycles. The number of halogens is 1. The molecular formula is C7H10ClNO4S. The van der Waals surface area contributed by atoms with Crippen molar-refractivity contribution in [3.05, 3.63) is 29.5 Å². The van der Waals surface area contributed by atoms with E-state index in [2.05, 4.69) is 4.18 Å². The summed E-state index contributed by atoms with van der Waals surface area (Å²) in [4.78, 5) is 0. The van der Waals surface area contributed by atoms with Crippen LogP contribution < -0.4 is 4.57 Å². The fourth-order valence-corrected chi connectivity index (χ4v) is 0.632. The van der Waals surface area contributed by atoms with Gasteiger partial charge in [-0.3, -0.25) is 4.18 Å². The van der Waals surface area contributed by atoms with Crippen molar-refractivity contribution in [2.45, 2.75) is 0 Å². The SMILES string of the molecule is COS(=O)(=O)[O-].C[n+]1ccccc1Cl. The minimum Gasteiger partial charge on any atom is -0.726 e. The van der Waals surface area contributed by atoms with Gasteiger partial charge in [0.2, 0.25) is 10.4 Å². The number of pyridine rings is 1. The summed E-state index contributed by atoms with van der Waals surface area (Å²) in [7, 11) is -1.70. The van der Waals surface area contributed by atoms with Crippen LogP contribution in [-0.2, 0) is 21.6 Å². The number of nitrogens with zero attached hydrogens (tertiary/aromatic N) is 1. The maximum atomic E-state index is 9.22. The normalized spacial score (nSPS) is 10.3. The summed E-state index contributed by atoms with van der Waals surface area (Å²) < 4.78 is 32.9. The fourth-order valence-electron chi connectivity index (χ4n) is 0.503. The van der Waals surface area contributed by atoms with Gasteiger partial charge >= 0.3 is 0 Å². The van der Waals surface area contributed by atoms with Crippen molar-refractivity contribution in [1.29, 1.82) is 0 Å². The minimum absolute atomic E-state index is 0.757. The minimum atomic E-state index is -4.41. The van der Waals surface area contributed by atoms with E-state index in [0.717, 1.165) is 12.3 Å². The van der Waals surface area contributed by atoms with Gasteiger partial charge in [-0.05, 0) is 17.7 Å². The van der Waals surface area contributed by atoms with Gasteiger partial charge in [0.15, 0.2) is 6.20 Å².